The maximum absolute atomic E-state index is 6.68. The highest BCUT2D eigenvalue weighted by molar-refractivity contribution is 6.13. The van der Waals surface area contributed by atoms with Crippen molar-refractivity contribution in [1.29, 1.82) is 0 Å². The Morgan fingerprint density at radius 3 is 1.61 bits per heavy atom. The second-order valence-corrected chi connectivity index (χ2v) is 15.4. The van der Waals surface area contributed by atoms with Gasteiger partial charge in [0.05, 0.1) is 16.7 Å². The highest BCUT2D eigenvalue weighted by Crippen LogP contribution is 2.45. The molecule has 0 bridgehead atoms. The first-order chi connectivity index (χ1) is 30.7. The van der Waals surface area contributed by atoms with E-state index in [1.807, 2.05) is 54.6 Å². The smallest absolute Gasteiger partial charge is 0.180 e. The minimum Gasteiger partial charge on any atom is -0.452 e. The monoisotopic (exact) mass is 793 g/mol. The van der Waals surface area contributed by atoms with Gasteiger partial charge in [0, 0.05) is 38.4 Å². The van der Waals surface area contributed by atoms with Crippen LogP contribution in [-0.4, -0.2) is 14.5 Å². The van der Waals surface area contributed by atoms with Crippen LogP contribution in [0, 0.1) is 0 Å². The molecule has 62 heavy (non-hydrogen) atoms. The number of rotatable bonds is 9. The highest BCUT2D eigenvalue weighted by atomic mass is 16.3. The fraction of sp³-hybridized carbons (Fsp3) is 0. The zero-order chi connectivity index (χ0) is 41.6. The molecule has 4 heteroatoms. The standard InChI is InChI=1S/C58H39N3O/c1-3-19-38(4-2)47-36-45(54-57-55(46-28-17-18-29-53(46)62-57)60-58(59-54)42-26-15-8-16-27-42)37-48(41-24-13-7-14-25-41)56(47)61-51-32-30-43(39-20-9-5-10-21-39)34-49(51)50-35-44(31-33-52(50)61)40-22-11-6-12-23-40/h3-37H,1-2H2/b38-19+. The molecule has 8 aromatic carbocycles. The molecule has 0 aliphatic rings. The van der Waals surface area contributed by atoms with Gasteiger partial charge in [0.15, 0.2) is 11.4 Å². The van der Waals surface area contributed by atoms with Crippen LogP contribution in [0.5, 0.6) is 0 Å². The van der Waals surface area contributed by atoms with Gasteiger partial charge in [-0.1, -0.05) is 177 Å². The third-order valence-electron chi connectivity index (χ3n) is 11.8. The van der Waals surface area contributed by atoms with E-state index in [1.165, 1.54) is 11.1 Å². The van der Waals surface area contributed by atoms with Crippen LogP contribution in [0.4, 0.5) is 0 Å². The van der Waals surface area contributed by atoms with Gasteiger partial charge in [-0.3, -0.25) is 0 Å². The van der Waals surface area contributed by atoms with Crippen molar-refractivity contribution in [3.63, 3.8) is 0 Å². The molecule has 3 heterocycles. The van der Waals surface area contributed by atoms with Crippen LogP contribution in [-0.2, 0) is 0 Å². The summed E-state index contributed by atoms with van der Waals surface area (Å²) in [5, 5.41) is 3.26. The molecule has 0 unspecified atom stereocenters. The molecule has 0 saturated heterocycles. The van der Waals surface area contributed by atoms with E-state index in [-0.39, 0.29) is 0 Å². The zero-order valence-corrected chi connectivity index (χ0v) is 33.9. The van der Waals surface area contributed by atoms with Crippen LogP contribution in [0.2, 0.25) is 0 Å². The first-order valence-corrected chi connectivity index (χ1v) is 20.8. The third kappa shape index (κ3) is 6.25. The van der Waals surface area contributed by atoms with Crippen molar-refractivity contribution < 1.29 is 4.42 Å². The number of benzene rings is 8. The summed E-state index contributed by atoms with van der Waals surface area (Å²) in [6.45, 7) is 8.51. The number of aromatic nitrogens is 3. The molecular weight excluding hydrogens is 755 g/mol. The lowest BCUT2D eigenvalue weighted by Gasteiger charge is -2.21. The number of allylic oxidation sites excluding steroid dienone is 4. The molecule has 0 spiro atoms. The molecule has 0 saturated carbocycles. The maximum Gasteiger partial charge on any atom is 0.180 e. The average molecular weight is 794 g/mol. The van der Waals surface area contributed by atoms with Gasteiger partial charge >= 0.3 is 0 Å². The molecule has 292 valence electrons. The fourth-order valence-electron chi connectivity index (χ4n) is 8.85. The Bertz CT molecular complexity index is 3430. The molecule has 0 amide bonds. The number of fused-ring (bicyclic) bond motifs is 6. The van der Waals surface area contributed by atoms with E-state index >= 15 is 0 Å². The summed E-state index contributed by atoms with van der Waals surface area (Å²) in [4.78, 5) is 10.5. The van der Waals surface area contributed by atoms with Gasteiger partial charge in [-0.25, -0.2) is 9.97 Å². The third-order valence-corrected chi connectivity index (χ3v) is 11.8. The van der Waals surface area contributed by atoms with Gasteiger partial charge in [-0.2, -0.15) is 0 Å². The number of hydrogen-bond acceptors (Lipinski definition) is 3. The van der Waals surface area contributed by atoms with Crippen molar-refractivity contribution in [3.8, 4) is 61.7 Å². The predicted molar refractivity (Wildman–Crippen MR) is 259 cm³/mol. The minimum atomic E-state index is 0.628. The molecule has 0 atom stereocenters. The SMILES string of the molecule is C=C/C=C(\C=C)c1cc(-c2nc(-c3ccccc3)nc3c2oc2ccccc23)cc(-c2ccccc2)c1-n1c2ccc(-c3ccccc3)cc2c2cc(-c3ccccc3)ccc21. The van der Waals surface area contributed by atoms with Gasteiger partial charge in [0.2, 0.25) is 0 Å². The zero-order valence-electron chi connectivity index (χ0n) is 33.9. The minimum absolute atomic E-state index is 0.628. The Labute approximate surface area is 359 Å². The second-order valence-electron chi connectivity index (χ2n) is 15.4. The lowest BCUT2D eigenvalue weighted by Crippen LogP contribution is -2.04. The Hall–Kier alpha value is -8.34. The van der Waals surface area contributed by atoms with E-state index in [0.717, 1.165) is 88.5 Å². The van der Waals surface area contributed by atoms with Gasteiger partial charge in [0.25, 0.3) is 0 Å². The average Bonchev–Trinajstić information content (AvgIpc) is 3.88. The fourth-order valence-corrected chi connectivity index (χ4v) is 8.85. The quantitative estimate of drug-likeness (QED) is 0.137. The number of furan rings is 1. The molecule has 0 fully saturated rings. The lowest BCUT2D eigenvalue weighted by atomic mass is 9.91. The summed E-state index contributed by atoms with van der Waals surface area (Å²) in [6, 6.07) is 68.2. The molecule has 0 radical (unpaired) electrons. The van der Waals surface area contributed by atoms with Crippen LogP contribution >= 0.6 is 0 Å². The van der Waals surface area contributed by atoms with Gasteiger partial charge in [-0.15, -0.1) is 0 Å². The van der Waals surface area contributed by atoms with E-state index in [9.17, 15) is 0 Å². The summed E-state index contributed by atoms with van der Waals surface area (Å²) >= 11 is 0. The molecule has 3 aromatic heterocycles. The Balaban J connectivity index is 1.27. The van der Waals surface area contributed by atoms with E-state index in [4.69, 9.17) is 14.4 Å². The molecule has 4 nitrogen and oxygen atoms in total. The first kappa shape index (κ1) is 36.7. The highest BCUT2D eigenvalue weighted by Gasteiger charge is 2.25. The summed E-state index contributed by atoms with van der Waals surface area (Å²) in [5.74, 6) is 0.628. The largest absolute Gasteiger partial charge is 0.452 e. The Morgan fingerprint density at radius 1 is 0.484 bits per heavy atom. The van der Waals surface area contributed by atoms with Crippen molar-refractivity contribution in [2.75, 3.05) is 0 Å². The molecule has 0 aliphatic carbocycles. The van der Waals surface area contributed by atoms with E-state index in [0.29, 0.717) is 17.1 Å². The van der Waals surface area contributed by atoms with Gasteiger partial charge < -0.3 is 8.98 Å². The number of hydrogen-bond donors (Lipinski definition) is 0. The van der Waals surface area contributed by atoms with E-state index < -0.39 is 0 Å². The molecular formula is C58H39N3O. The van der Waals surface area contributed by atoms with Gasteiger partial charge in [-0.05, 0) is 81.9 Å². The van der Waals surface area contributed by atoms with E-state index in [2.05, 4.69) is 175 Å². The maximum atomic E-state index is 6.68. The van der Waals surface area contributed by atoms with Crippen molar-refractivity contribution in [3.05, 3.63) is 231 Å². The van der Waals surface area contributed by atoms with Crippen LogP contribution in [0.1, 0.15) is 5.56 Å². The number of nitrogens with zero attached hydrogens (tertiary/aromatic N) is 3. The summed E-state index contributed by atoms with van der Waals surface area (Å²) in [6.07, 6.45) is 5.78. The van der Waals surface area contributed by atoms with Crippen molar-refractivity contribution in [1.82, 2.24) is 14.5 Å². The van der Waals surface area contributed by atoms with Crippen LogP contribution in [0.15, 0.2) is 230 Å². The Kier molecular flexibility index (Phi) is 9.10. The topological polar surface area (TPSA) is 43.9 Å². The van der Waals surface area contributed by atoms with Crippen molar-refractivity contribution >= 4 is 49.4 Å². The molecule has 11 rings (SSSR count). The summed E-state index contributed by atoms with van der Waals surface area (Å²) in [5.41, 5.74) is 16.5. The normalized spacial score (nSPS) is 11.8. The van der Waals surface area contributed by atoms with Gasteiger partial charge in [0.1, 0.15) is 16.8 Å². The molecule has 0 N–H and O–H groups in total. The Morgan fingerprint density at radius 2 is 1.03 bits per heavy atom. The predicted octanol–water partition coefficient (Wildman–Crippen LogP) is 15.6. The van der Waals surface area contributed by atoms with Crippen LogP contribution in [0.3, 0.4) is 0 Å². The summed E-state index contributed by atoms with van der Waals surface area (Å²) in [7, 11) is 0. The number of para-hydroxylation sites is 1. The van der Waals surface area contributed by atoms with Crippen LogP contribution < -0.4 is 0 Å². The van der Waals surface area contributed by atoms with Crippen LogP contribution in [0.25, 0.3) is 111 Å². The second kappa shape index (κ2) is 15.4. The molecule has 11 aromatic rings. The lowest BCUT2D eigenvalue weighted by molar-refractivity contribution is 0.667. The summed E-state index contributed by atoms with van der Waals surface area (Å²) < 4.78 is 9.11. The van der Waals surface area contributed by atoms with Crippen molar-refractivity contribution in [2.24, 2.45) is 0 Å². The van der Waals surface area contributed by atoms with Crippen molar-refractivity contribution in [2.45, 2.75) is 0 Å². The first-order valence-electron chi connectivity index (χ1n) is 20.8. The molecule has 0 aliphatic heterocycles. The van der Waals surface area contributed by atoms with E-state index in [1.54, 1.807) is 0 Å².